The fourth-order valence-electron chi connectivity index (χ4n) is 2.23. The summed E-state index contributed by atoms with van der Waals surface area (Å²) in [5.41, 5.74) is 3.12. The van der Waals surface area contributed by atoms with Crippen LogP contribution in [0.3, 0.4) is 0 Å². The minimum Gasteiger partial charge on any atom is -0.350 e. The zero-order chi connectivity index (χ0) is 17.7. The van der Waals surface area contributed by atoms with Gasteiger partial charge in [-0.2, -0.15) is 5.10 Å². The maximum absolute atomic E-state index is 12.3. The Morgan fingerprint density at radius 1 is 1.50 bits per heavy atom. The van der Waals surface area contributed by atoms with Gasteiger partial charge in [0.15, 0.2) is 5.69 Å². The molecule has 2 rings (SSSR count). The van der Waals surface area contributed by atoms with E-state index in [0.29, 0.717) is 23.2 Å². The molecule has 0 radical (unpaired) electrons. The number of aromatic amines is 1. The Morgan fingerprint density at radius 2 is 2.25 bits per heavy atom. The summed E-state index contributed by atoms with van der Waals surface area (Å²) in [5, 5.41) is 11.2. The van der Waals surface area contributed by atoms with E-state index in [-0.39, 0.29) is 5.91 Å². The summed E-state index contributed by atoms with van der Waals surface area (Å²) in [6.07, 6.45) is 3.28. The maximum atomic E-state index is 12.3. The first-order valence-electron chi connectivity index (χ1n) is 7.69. The number of aromatic nitrogens is 2. The average Bonchev–Trinajstić information content (AvgIpc) is 2.95. The number of H-pyrrole nitrogens is 1. The van der Waals surface area contributed by atoms with Crippen LogP contribution in [0.1, 0.15) is 36.8 Å². The van der Waals surface area contributed by atoms with Gasteiger partial charge < -0.3 is 5.32 Å². The highest BCUT2D eigenvalue weighted by Crippen LogP contribution is 2.24. The number of halogens is 1. The van der Waals surface area contributed by atoms with Gasteiger partial charge in [-0.05, 0) is 48.9 Å². The molecule has 5 nitrogen and oxygen atoms in total. The van der Waals surface area contributed by atoms with Gasteiger partial charge in [0.2, 0.25) is 0 Å². The van der Waals surface area contributed by atoms with Crippen LogP contribution in [0.4, 0.5) is 0 Å². The highest BCUT2D eigenvalue weighted by molar-refractivity contribution is 6.31. The van der Waals surface area contributed by atoms with Crippen molar-refractivity contribution in [2.24, 2.45) is 10.9 Å². The third-order valence-electron chi connectivity index (χ3n) is 3.47. The predicted octanol–water partition coefficient (Wildman–Crippen LogP) is 4.13. The Kier molecular flexibility index (Phi) is 5.93. The lowest BCUT2D eigenvalue weighted by Gasteiger charge is -2.06. The van der Waals surface area contributed by atoms with Gasteiger partial charge in [-0.15, -0.1) is 0 Å². The Labute approximate surface area is 146 Å². The van der Waals surface area contributed by atoms with Gasteiger partial charge in [-0.3, -0.25) is 14.9 Å². The third-order valence-corrected chi connectivity index (χ3v) is 3.68. The Morgan fingerprint density at radius 3 is 2.92 bits per heavy atom. The number of carbonyl (C=O) groups excluding carboxylic acids is 1. The fraction of sp³-hybridized carbons (Fsp3) is 0.278. The molecule has 24 heavy (non-hydrogen) atoms. The van der Waals surface area contributed by atoms with Gasteiger partial charge in [-0.1, -0.05) is 31.5 Å². The zero-order valence-corrected chi connectivity index (χ0v) is 14.8. The van der Waals surface area contributed by atoms with Crippen LogP contribution < -0.4 is 5.32 Å². The number of fused-ring (bicyclic) bond motifs is 1. The summed E-state index contributed by atoms with van der Waals surface area (Å²) >= 11 is 6.04. The molecule has 1 heterocycles. The molecule has 1 amide bonds. The number of rotatable bonds is 6. The average molecular weight is 345 g/mol. The normalized spacial score (nSPS) is 12.7. The second-order valence-corrected chi connectivity index (χ2v) is 6.40. The minimum atomic E-state index is -0.178. The van der Waals surface area contributed by atoms with E-state index in [1.807, 2.05) is 39.0 Å². The molecule has 6 heteroatoms. The lowest BCUT2D eigenvalue weighted by Crippen LogP contribution is -2.27. The van der Waals surface area contributed by atoms with E-state index in [1.165, 1.54) is 6.20 Å². The number of amides is 1. The smallest absolute Gasteiger partial charge is 0.272 e. The molecule has 0 saturated carbocycles. The van der Waals surface area contributed by atoms with Crippen LogP contribution in [0.2, 0.25) is 0 Å². The molecule has 1 aromatic carbocycles. The largest absolute Gasteiger partial charge is 0.350 e. The molecular weight excluding hydrogens is 324 g/mol. The van der Waals surface area contributed by atoms with Gasteiger partial charge in [0, 0.05) is 18.1 Å². The van der Waals surface area contributed by atoms with E-state index in [0.717, 1.165) is 22.0 Å². The van der Waals surface area contributed by atoms with Crippen LogP contribution in [-0.2, 0) is 0 Å². The van der Waals surface area contributed by atoms with E-state index in [4.69, 9.17) is 11.6 Å². The molecule has 2 N–H and O–H groups in total. The zero-order valence-electron chi connectivity index (χ0n) is 14.1. The minimum absolute atomic E-state index is 0.178. The summed E-state index contributed by atoms with van der Waals surface area (Å²) in [6, 6.07) is 5.78. The quantitative estimate of drug-likeness (QED) is 0.611. The Bertz CT molecular complexity index is 818. The van der Waals surface area contributed by atoms with Gasteiger partial charge in [-0.25, -0.2) is 0 Å². The van der Waals surface area contributed by atoms with Crippen molar-refractivity contribution in [2.45, 2.75) is 20.8 Å². The number of nitrogens with one attached hydrogen (secondary N) is 2. The number of hydrogen-bond acceptors (Lipinski definition) is 3. The van der Waals surface area contributed by atoms with Crippen LogP contribution in [0, 0.1) is 5.92 Å². The number of benzene rings is 1. The van der Waals surface area contributed by atoms with Crippen molar-refractivity contribution in [3.8, 4) is 0 Å². The van der Waals surface area contributed by atoms with Gasteiger partial charge in [0.1, 0.15) is 0 Å². The molecule has 126 valence electrons. The molecule has 0 saturated heterocycles. The molecule has 2 aromatic rings. The van der Waals surface area contributed by atoms with Crippen molar-refractivity contribution in [2.75, 3.05) is 6.54 Å². The number of carbonyl (C=O) groups is 1. The molecule has 1 aromatic heterocycles. The fourth-order valence-corrected chi connectivity index (χ4v) is 2.46. The van der Waals surface area contributed by atoms with Crippen molar-refractivity contribution in [3.05, 3.63) is 46.8 Å². The van der Waals surface area contributed by atoms with E-state index in [9.17, 15) is 4.79 Å². The first-order valence-corrected chi connectivity index (χ1v) is 8.06. The molecule has 0 atom stereocenters. The second-order valence-electron chi connectivity index (χ2n) is 5.96. The maximum Gasteiger partial charge on any atom is 0.272 e. The predicted molar refractivity (Wildman–Crippen MR) is 100 cm³/mol. The summed E-state index contributed by atoms with van der Waals surface area (Å²) in [6.45, 7) is 10.0. The lowest BCUT2D eigenvalue weighted by atomic mass is 10.0. The molecule has 0 aliphatic heterocycles. The molecule has 0 spiro atoms. The summed E-state index contributed by atoms with van der Waals surface area (Å²) in [7, 11) is 0. The standard InChI is InChI=1S/C18H21ClN4O/c1-11(2)9-21-18(24)17-15-8-13(5-6-16(15)22-23-17)12(3)7-14(19)10-20-4/h5-8,10-11H,4,9H2,1-3H3,(H,21,24)(H,22,23)/b12-7+,14-10+. The summed E-state index contributed by atoms with van der Waals surface area (Å²) < 4.78 is 0. The van der Waals surface area contributed by atoms with E-state index >= 15 is 0 Å². The van der Waals surface area contributed by atoms with Crippen molar-refractivity contribution in [1.82, 2.24) is 15.5 Å². The molecule has 0 aliphatic carbocycles. The molecular formula is C18H21ClN4O. The number of nitrogens with zero attached hydrogens (tertiary/aromatic N) is 2. The van der Waals surface area contributed by atoms with E-state index in [2.05, 4.69) is 27.2 Å². The Hall–Kier alpha value is -2.40. The van der Waals surface area contributed by atoms with Crippen LogP contribution in [0.25, 0.3) is 16.5 Å². The van der Waals surface area contributed by atoms with Gasteiger partial charge in [0.05, 0.1) is 10.5 Å². The third kappa shape index (κ3) is 4.32. The van der Waals surface area contributed by atoms with Gasteiger partial charge in [0.25, 0.3) is 5.91 Å². The van der Waals surface area contributed by atoms with Crippen molar-refractivity contribution >= 4 is 40.7 Å². The van der Waals surface area contributed by atoms with Crippen molar-refractivity contribution in [1.29, 1.82) is 0 Å². The highest BCUT2D eigenvalue weighted by atomic mass is 35.5. The van der Waals surface area contributed by atoms with Gasteiger partial charge >= 0.3 is 0 Å². The lowest BCUT2D eigenvalue weighted by molar-refractivity contribution is 0.0945. The summed E-state index contributed by atoms with van der Waals surface area (Å²) in [4.78, 5) is 15.9. The molecule has 0 unspecified atom stereocenters. The molecule has 0 bridgehead atoms. The second kappa shape index (κ2) is 7.93. The van der Waals surface area contributed by atoms with E-state index < -0.39 is 0 Å². The van der Waals surface area contributed by atoms with Crippen molar-refractivity contribution < 1.29 is 4.79 Å². The van der Waals surface area contributed by atoms with Crippen LogP contribution in [0.15, 0.2) is 40.5 Å². The molecule has 0 aliphatic rings. The van der Waals surface area contributed by atoms with Crippen LogP contribution >= 0.6 is 11.6 Å². The topological polar surface area (TPSA) is 70.1 Å². The SMILES string of the molecule is C=N/C=C(Cl)\C=C(/C)c1ccc2[nH]nc(C(=O)NCC(C)C)c2c1. The van der Waals surface area contributed by atoms with E-state index in [1.54, 1.807) is 6.08 Å². The Balaban J connectivity index is 2.36. The number of hydrogen-bond donors (Lipinski definition) is 2. The monoisotopic (exact) mass is 344 g/mol. The number of allylic oxidation sites excluding steroid dienone is 3. The highest BCUT2D eigenvalue weighted by Gasteiger charge is 2.15. The first-order chi connectivity index (χ1) is 11.4. The van der Waals surface area contributed by atoms with Crippen LogP contribution in [0.5, 0.6) is 0 Å². The van der Waals surface area contributed by atoms with Crippen LogP contribution in [-0.4, -0.2) is 29.4 Å². The number of aliphatic imine (C=N–C) groups is 1. The summed E-state index contributed by atoms with van der Waals surface area (Å²) in [5.74, 6) is 0.204. The van der Waals surface area contributed by atoms with Crippen molar-refractivity contribution in [3.63, 3.8) is 0 Å². The molecule has 0 fully saturated rings. The first kappa shape index (κ1) is 17.9.